The molecule has 0 spiro atoms. The second-order valence-electron chi connectivity index (χ2n) is 6.03. The highest BCUT2D eigenvalue weighted by molar-refractivity contribution is 5.98. The van der Waals surface area contributed by atoms with Gasteiger partial charge in [-0.2, -0.15) is 0 Å². The van der Waals surface area contributed by atoms with E-state index in [4.69, 9.17) is 5.73 Å². The second kappa shape index (κ2) is 5.48. The Morgan fingerprint density at radius 1 is 1.10 bits per heavy atom. The molecule has 0 aliphatic heterocycles. The molecule has 0 heterocycles. The number of rotatable bonds is 3. The van der Waals surface area contributed by atoms with E-state index in [9.17, 15) is 9.90 Å². The highest BCUT2D eigenvalue weighted by Gasteiger charge is 2.15. The Kier molecular flexibility index (Phi) is 3.89. The fourth-order valence-electron chi connectivity index (χ4n) is 2.09. The van der Waals surface area contributed by atoms with E-state index in [1.54, 1.807) is 12.1 Å². The van der Waals surface area contributed by atoms with Gasteiger partial charge in [-0.05, 0) is 35.2 Å². The van der Waals surface area contributed by atoms with Crippen LogP contribution in [0.1, 0.15) is 36.7 Å². The molecular formula is C17H20N2O2. The van der Waals surface area contributed by atoms with Crippen molar-refractivity contribution in [2.45, 2.75) is 26.2 Å². The Morgan fingerprint density at radius 2 is 1.71 bits per heavy atom. The minimum Gasteiger partial charge on any atom is -0.478 e. The van der Waals surface area contributed by atoms with Gasteiger partial charge < -0.3 is 16.2 Å². The van der Waals surface area contributed by atoms with E-state index in [0.717, 1.165) is 5.69 Å². The summed E-state index contributed by atoms with van der Waals surface area (Å²) in [5.41, 5.74) is 8.98. The average molecular weight is 284 g/mol. The largest absolute Gasteiger partial charge is 0.478 e. The maximum Gasteiger partial charge on any atom is 0.337 e. The first kappa shape index (κ1) is 14.9. The average Bonchev–Trinajstić information content (AvgIpc) is 2.40. The maximum absolute atomic E-state index is 11.3. The number of anilines is 3. The molecule has 0 fully saturated rings. The normalized spacial score (nSPS) is 11.2. The number of aromatic carboxylic acids is 1. The van der Waals surface area contributed by atoms with Crippen molar-refractivity contribution < 1.29 is 9.90 Å². The smallest absolute Gasteiger partial charge is 0.337 e. The van der Waals surface area contributed by atoms with E-state index in [2.05, 4.69) is 26.1 Å². The third-order valence-corrected chi connectivity index (χ3v) is 3.35. The fourth-order valence-corrected chi connectivity index (χ4v) is 2.09. The number of benzene rings is 2. The molecule has 0 aromatic heterocycles. The Balaban J connectivity index is 2.33. The molecule has 0 saturated heterocycles. The first-order valence-corrected chi connectivity index (χ1v) is 6.78. The molecule has 21 heavy (non-hydrogen) atoms. The van der Waals surface area contributed by atoms with Crippen molar-refractivity contribution in [2.75, 3.05) is 11.1 Å². The molecule has 110 valence electrons. The molecule has 2 rings (SSSR count). The molecular weight excluding hydrogens is 264 g/mol. The highest BCUT2D eigenvalue weighted by Crippen LogP contribution is 2.29. The van der Waals surface area contributed by atoms with Crippen molar-refractivity contribution in [3.8, 4) is 0 Å². The molecule has 0 aliphatic rings. The maximum atomic E-state index is 11.3. The van der Waals surface area contributed by atoms with Crippen molar-refractivity contribution in [2.24, 2.45) is 0 Å². The molecule has 0 amide bonds. The van der Waals surface area contributed by atoms with Gasteiger partial charge in [-0.3, -0.25) is 0 Å². The lowest BCUT2D eigenvalue weighted by Crippen LogP contribution is -2.11. The molecule has 2 aromatic rings. The van der Waals surface area contributed by atoms with Gasteiger partial charge >= 0.3 is 5.97 Å². The number of nitrogen functional groups attached to an aromatic ring is 1. The van der Waals surface area contributed by atoms with Gasteiger partial charge in [0.1, 0.15) is 0 Å². The van der Waals surface area contributed by atoms with Crippen LogP contribution in [0.2, 0.25) is 0 Å². The summed E-state index contributed by atoms with van der Waals surface area (Å²) in [4.78, 5) is 11.3. The first-order chi connectivity index (χ1) is 9.79. The predicted octanol–water partition coefficient (Wildman–Crippen LogP) is 4.01. The lowest BCUT2D eigenvalue weighted by atomic mass is 9.87. The Bertz CT molecular complexity index is 655. The summed E-state index contributed by atoms with van der Waals surface area (Å²) in [6.45, 7) is 6.44. The molecule has 0 atom stereocenters. The van der Waals surface area contributed by atoms with Crippen LogP contribution >= 0.6 is 0 Å². The summed E-state index contributed by atoms with van der Waals surface area (Å²) in [6, 6.07) is 12.8. The molecule has 0 saturated carbocycles. The van der Waals surface area contributed by atoms with Gasteiger partial charge in [-0.25, -0.2) is 4.79 Å². The molecule has 4 N–H and O–H groups in total. The number of carboxylic acids is 1. The summed E-state index contributed by atoms with van der Waals surface area (Å²) in [5, 5.41) is 12.3. The SMILES string of the molecule is CC(C)(C)c1ccc(Nc2c(N)cccc2C(=O)O)cc1. The van der Waals surface area contributed by atoms with Crippen LogP contribution in [0.25, 0.3) is 0 Å². The van der Waals surface area contributed by atoms with E-state index in [1.165, 1.54) is 11.6 Å². The lowest BCUT2D eigenvalue weighted by Gasteiger charge is -2.19. The van der Waals surface area contributed by atoms with Gasteiger partial charge in [-0.1, -0.05) is 39.0 Å². The number of carbonyl (C=O) groups is 1. The third kappa shape index (κ3) is 3.34. The standard InChI is InChI=1S/C17H20N2O2/c1-17(2,3)11-7-9-12(10-8-11)19-15-13(16(20)21)5-4-6-14(15)18/h4-10,19H,18H2,1-3H3,(H,20,21). The van der Waals surface area contributed by atoms with Crippen molar-refractivity contribution in [3.63, 3.8) is 0 Å². The van der Waals surface area contributed by atoms with E-state index in [-0.39, 0.29) is 11.0 Å². The molecule has 4 heteroatoms. The molecule has 0 bridgehead atoms. The van der Waals surface area contributed by atoms with Crippen LogP contribution in [0.15, 0.2) is 42.5 Å². The minimum absolute atomic E-state index is 0.0799. The highest BCUT2D eigenvalue weighted by atomic mass is 16.4. The van der Waals surface area contributed by atoms with Crippen molar-refractivity contribution in [1.29, 1.82) is 0 Å². The first-order valence-electron chi connectivity index (χ1n) is 6.78. The minimum atomic E-state index is -1.00. The summed E-state index contributed by atoms with van der Waals surface area (Å²) < 4.78 is 0. The monoisotopic (exact) mass is 284 g/mol. The number of nitrogens with one attached hydrogen (secondary N) is 1. The molecule has 0 unspecified atom stereocenters. The van der Waals surface area contributed by atoms with E-state index >= 15 is 0 Å². The van der Waals surface area contributed by atoms with Crippen molar-refractivity contribution in [3.05, 3.63) is 53.6 Å². The van der Waals surface area contributed by atoms with Crippen LogP contribution in [-0.4, -0.2) is 11.1 Å². The van der Waals surface area contributed by atoms with Gasteiger partial charge in [0.25, 0.3) is 0 Å². The van der Waals surface area contributed by atoms with Gasteiger partial charge in [0.2, 0.25) is 0 Å². The number of hydrogen-bond donors (Lipinski definition) is 3. The van der Waals surface area contributed by atoms with Crippen LogP contribution in [0, 0.1) is 0 Å². The van der Waals surface area contributed by atoms with Crippen LogP contribution in [0.5, 0.6) is 0 Å². The topological polar surface area (TPSA) is 75.3 Å². The van der Waals surface area contributed by atoms with Crippen LogP contribution < -0.4 is 11.1 Å². The fraction of sp³-hybridized carbons (Fsp3) is 0.235. The summed E-state index contributed by atoms with van der Waals surface area (Å²) in [6.07, 6.45) is 0. The zero-order valence-corrected chi connectivity index (χ0v) is 12.5. The molecule has 0 aliphatic carbocycles. The zero-order valence-electron chi connectivity index (χ0n) is 12.5. The van der Waals surface area contributed by atoms with Gasteiger partial charge in [-0.15, -0.1) is 0 Å². The number of para-hydroxylation sites is 1. The van der Waals surface area contributed by atoms with Crippen molar-refractivity contribution in [1.82, 2.24) is 0 Å². The third-order valence-electron chi connectivity index (χ3n) is 3.35. The summed E-state index contributed by atoms with van der Waals surface area (Å²) in [5.74, 6) is -1.00. The quantitative estimate of drug-likeness (QED) is 0.744. The van der Waals surface area contributed by atoms with Gasteiger partial charge in [0.15, 0.2) is 0 Å². The van der Waals surface area contributed by atoms with E-state index in [1.807, 2.05) is 24.3 Å². The van der Waals surface area contributed by atoms with Crippen LogP contribution in [-0.2, 0) is 5.41 Å². The Morgan fingerprint density at radius 3 is 2.24 bits per heavy atom. The number of nitrogens with two attached hydrogens (primary N) is 1. The lowest BCUT2D eigenvalue weighted by molar-refractivity contribution is 0.0698. The van der Waals surface area contributed by atoms with Crippen LogP contribution in [0.3, 0.4) is 0 Å². The van der Waals surface area contributed by atoms with Gasteiger partial charge in [0.05, 0.1) is 16.9 Å². The van der Waals surface area contributed by atoms with E-state index in [0.29, 0.717) is 11.4 Å². The second-order valence-corrected chi connectivity index (χ2v) is 6.03. The van der Waals surface area contributed by atoms with Crippen molar-refractivity contribution >= 4 is 23.0 Å². The zero-order chi connectivity index (χ0) is 15.6. The molecule has 0 radical (unpaired) electrons. The van der Waals surface area contributed by atoms with E-state index < -0.39 is 5.97 Å². The predicted molar refractivity (Wildman–Crippen MR) is 86.2 cm³/mol. The van der Waals surface area contributed by atoms with Gasteiger partial charge in [0, 0.05) is 5.69 Å². The number of carboxylic acid groups (broad SMARTS) is 1. The summed E-state index contributed by atoms with van der Waals surface area (Å²) in [7, 11) is 0. The number of hydrogen-bond acceptors (Lipinski definition) is 3. The molecule has 4 nitrogen and oxygen atoms in total. The molecule has 2 aromatic carbocycles. The Hall–Kier alpha value is -2.49. The Labute approximate surface area is 124 Å². The van der Waals surface area contributed by atoms with Crippen LogP contribution in [0.4, 0.5) is 17.1 Å². The summed E-state index contributed by atoms with van der Waals surface area (Å²) >= 11 is 0.